The normalized spacial score (nSPS) is 47.4. The Labute approximate surface area is 164 Å². The summed E-state index contributed by atoms with van der Waals surface area (Å²) in [5, 5.41) is 9.01. The van der Waals surface area contributed by atoms with Gasteiger partial charge in [-0.15, -0.1) is 0 Å². The Morgan fingerprint density at radius 3 is 2.41 bits per heavy atom. The minimum absolute atomic E-state index is 0.196. The van der Waals surface area contributed by atoms with Crippen molar-refractivity contribution >= 4 is 11.8 Å². The van der Waals surface area contributed by atoms with Crippen LogP contribution in [0.4, 0.5) is 0 Å². The summed E-state index contributed by atoms with van der Waals surface area (Å²) in [5.74, 6) is 2.39. The molecule has 4 saturated carbocycles. The molecule has 0 heterocycles. The van der Waals surface area contributed by atoms with Crippen LogP contribution in [0.1, 0.15) is 91.4 Å². The van der Waals surface area contributed by atoms with Gasteiger partial charge < -0.3 is 5.11 Å². The third-order valence-electron chi connectivity index (χ3n) is 10.1. The van der Waals surface area contributed by atoms with Crippen LogP contribution < -0.4 is 0 Å². The zero-order valence-electron chi connectivity index (χ0n) is 17.5. The fourth-order valence-corrected chi connectivity index (χ4v) is 8.79. The summed E-state index contributed by atoms with van der Waals surface area (Å²) in [4.78, 5) is 22.8. The van der Waals surface area contributed by atoms with Gasteiger partial charge in [0.2, 0.25) is 5.78 Å². The van der Waals surface area contributed by atoms with Crippen molar-refractivity contribution in [1.29, 1.82) is 0 Å². The number of carboxylic acids is 1. The van der Waals surface area contributed by atoms with Gasteiger partial charge in [-0.3, -0.25) is 4.79 Å². The number of fused-ring (bicyclic) bond motifs is 5. The van der Waals surface area contributed by atoms with Crippen LogP contribution in [0.25, 0.3) is 0 Å². The maximum Gasteiger partial charge on any atom is 0.372 e. The van der Waals surface area contributed by atoms with E-state index in [1.54, 1.807) is 0 Å². The molecule has 0 aromatic heterocycles. The Morgan fingerprint density at radius 2 is 1.67 bits per heavy atom. The molecule has 0 unspecified atom stereocenters. The quantitative estimate of drug-likeness (QED) is 0.641. The molecule has 4 aliphatic rings. The second-order valence-corrected chi connectivity index (χ2v) is 11.0. The first kappa shape index (κ1) is 19.5. The van der Waals surface area contributed by atoms with Crippen LogP contribution in [-0.4, -0.2) is 16.9 Å². The average molecular weight is 375 g/mol. The average Bonchev–Trinajstić information content (AvgIpc) is 2.98. The molecule has 0 bridgehead atoms. The van der Waals surface area contributed by atoms with E-state index in [0.29, 0.717) is 16.7 Å². The fourth-order valence-electron chi connectivity index (χ4n) is 8.79. The lowest BCUT2D eigenvalue weighted by Gasteiger charge is -2.61. The van der Waals surface area contributed by atoms with Crippen LogP contribution in [-0.2, 0) is 9.59 Å². The molecule has 4 fully saturated rings. The van der Waals surface area contributed by atoms with Crippen molar-refractivity contribution in [2.75, 3.05) is 0 Å². The van der Waals surface area contributed by atoms with Gasteiger partial charge in [0, 0.05) is 6.42 Å². The smallest absolute Gasteiger partial charge is 0.372 e. The first-order valence-corrected chi connectivity index (χ1v) is 11.5. The van der Waals surface area contributed by atoms with Gasteiger partial charge in [-0.2, -0.15) is 0 Å². The van der Waals surface area contributed by atoms with Crippen LogP contribution in [0, 0.1) is 46.3 Å². The number of carbonyl (C=O) groups excluding carboxylic acids is 1. The second kappa shape index (κ2) is 6.88. The summed E-state index contributed by atoms with van der Waals surface area (Å²) in [7, 11) is 0. The minimum Gasteiger partial charge on any atom is -0.476 e. The monoisotopic (exact) mass is 374 g/mol. The van der Waals surface area contributed by atoms with Crippen molar-refractivity contribution < 1.29 is 14.7 Å². The molecule has 0 saturated heterocycles. The number of hydrogen-bond donors (Lipinski definition) is 1. The summed E-state index contributed by atoms with van der Waals surface area (Å²) in [5.41, 5.74) is 0.892. The summed E-state index contributed by atoms with van der Waals surface area (Å²) in [6.07, 6.45) is 14.0. The Morgan fingerprint density at radius 1 is 0.926 bits per heavy atom. The van der Waals surface area contributed by atoms with Gasteiger partial charge >= 0.3 is 5.97 Å². The first-order chi connectivity index (χ1) is 12.8. The molecule has 8 atom stereocenters. The van der Waals surface area contributed by atoms with E-state index in [-0.39, 0.29) is 12.3 Å². The molecular weight excluding hydrogens is 336 g/mol. The topological polar surface area (TPSA) is 54.4 Å². The predicted molar refractivity (Wildman–Crippen MR) is 106 cm³/mol. The van der Waals surface area contributed by atoms with E-state index in [2.05, 4.69) is 20.8 Å². The highest BCUT2D eigenvalue weighted by Crippen LogP contribution is 2.68. The SMILES string of the molecule is C[C@H](CC(=O)C(=O)O)[C@H]1CC[C@H]2[C@@H]3CC[C@@H]4CCCC[C@]4(C)[C@H]3CC[C@]12C. The molecular formula is C24H38O3. The lowest BCUT2D eigenvalue weighted by molar-refractivity contribution is -0.150. The van der Waals surface area contributed by atoms with Crippen molar-refractivity contribution in [1.82, 2.24) is 0 Å². The van der Waals surface area contributed by atoms with Gasteiger partial charge in [0.05, 0.1) is 0 Å². The zero-order valence-corrected chi connectivity index (χ0v) is 17.5. The van der Waals surface area contributed by atoms with Crippen LogP contribution in [0.2, 0.25) is 0 Å². The molecule has 27 heavy (non-hydrogen) atoms. The van der Waals surface area contributed by atoms with Gasteiger partial charge in [-0.25, -0.2) is 4.79 Å². The maximum absolute atomic E-state index is 11.8. The molecule has 0 aromatic rings. The number of rotatable bonds is 4. The lowest BCUT2D eigenvalue weighted by atomic mass is 9.44. The van der Waals surface area contributed by atoms with Gasteiger partial charge in [0.15, 0.2) is 0 Å². The second-order valence-electron chi connectivity index (χ2n) is 11.0. The minimum atomic E-state index is -1.26. The van der Waals surface area contributed by atoms with E-state index in [1.165, 1.54) is 64.2 Å². The zero-order chi connectivity index (χ0) is 19.4. The molecule has 1 N–H and O–H groups in total. The standard InChI is InChI=1S/C24H38O3/c1-15(14-21(25)22(26)27)18-9-10-19-17-8-7-16-6-4-5-12-23(16,2)20(17)11-13-24(18,19)3/h15-20H,4-14H2,1-3H3,(H,26,27)/t15-,16+,17+,18-,19+,20+,23+,24-/m1/s1. The summed E-state index contributed by atoms with van der Waals surface area (Å²) in [6, 6.07) is 0. The molecule has 0 amide bonds. The van der Waals surface area contributed by atoms with Crippen molar-refractivity contribution in [3.63, 3.8) is 0 Å². The largest absolute Gasteiger partial charge is 0.476 e. The molecule has 0 radical (unpaired) electrons. The van der Waals surface area contributed by atoms with Crippen LogP contribution in [0.3, 0.4) is 0 Å². The molecule has 3 nitrogen and oxygen atoms in total. The number of Topliss-reactive ketones (excluding diaryl/α,β-unsaturated/α-hetero) is 1. The molecule has 0 aliphatic heterocycles. The van der Waals surface area contributed by atoms with Crippen LogP contribution in [0.5, 0.6) is 0 Å². The molecule has 0 spiro atoms. The summed E-state index contributed by atoms with van der Waals surface area (Å²) < 4.78 is 0. The van der Waals surface area contributed by atoms with E-state index in [4.69, 9.17) is 5.11 Å². The van der Waals surface area contributed by atoms with Gasteiger partial charge in [-0.05, 0) is 97.7 Å². The van der Waals surface area contributed by atoms with Crippen molar-refractivity contribution in [2.24, 2.45) is 46.3 Å². The third-order valence-corrected chi connectivity index (χ3v) is 10.1. The molecule has 4 aliphatic carbocycles. The van der Waals surface area contributed by atoms with Crippen molar-refractivity contribution in [3.05, 3.63) is 0 Å². The molecule has 3 heteroatoms. The number of carbonyl (C=O) groups is 2. The first-order valence-electron chi connectivity index (χ1n) is 11.5. The number of carboxylic acid groups (broad SMARTS) is 1. The van der Waals surface area contributed by atoms with Crippen LogP contribution >= 0.6 is 0 Å². The van der Waals surface area contributed by atoms with E-state index in [0.717, 1.165) is 23.7 Å². The number of aliphatic carboxylic acids is 1. The maximum atomic E-state index is 11.8. The Bertz CT molecular complexity index is 613. The number of hydrogen-bond acceptors (Lipinski definition) is 2. The van der Waals surface area contributed by atoms with Crippen molar-refractivity contribution in [2.45, 2.75) is 91.4 Å². The Balaban J connectivity index is 1.53. The molecule has 152 valence electrons. The molecule has 0 aromatic carbocycles. The Hall–Kier alpha value is -0.860. The Kier molecular flexibility index (Phi) is 4.96. The van der Waals surface area contributed by atoms with E-state index in [9.17, 15) is 9.59 Å². The van der Waals surface area contributed by atoms with Gasteiger partial charge in [0.1, 0.15) is 0 Å². The summed E-state index contributed by atoms with van der Waals surface area (Å²) in [6.45, 7) is 7.24. The lowest BCUT2D eigenvalue weighted by Crippen LogP contribution is -2.53. The fraction of sp³-hybridized carbons (Fsp3) is 0.917. The van der Waals surface area contributed by atoms with Gasteiger partial charge in [0.25, 0.3) is 0 Å². The van der Waals surface area contributed by atoms with E-state index < -0.39 is 11.8 Å². The number of ketones is 1. The highest BCUT2D eigenvalue weighted by molar-refractivity contribution is 6.32. The highest BCUT2D eigenvalue weighted by Gasteiger charge is 2.60. The van der Waals surface area contributed by atoms with E-state index in [1.807, 2.05) is 0 Å². The van der Waals surface area contributed by atoms with E-state index >= 15 is 0 Å². The summed E-state index contributed by atoms with van der Waals surface area (Å²) >= 11 is 0. The predicted octanol–water partition coefficient (Wildman–Crippen LogP) is 5.72. The van der Waals surface area contributed by atoms with Crippen molar-refractivity contribution in [3.8, 4) is 0 Å². The van der Waals surface area contributed by atoms with Crippen LogP contribution in [0.15, 0.2) is 0 Å². The third kappa shape index (κ3) is 2.99. The van der Waals surface area contributed by atoms with Gasteiger partial charge in [-0.1, -0.05) is 33.6 Å². The molecule has 4 rings (SSSR count). The highest BCUT2D eigenvalue weighted by atomic mass is 16.4.